The highest BCUT2D eigenvalue weighted by Gasteiger charge is 2.52. The van der Waals surface area contributed by atoms with Crippen LogP contribution >= 0.6 is 0 Å². The average molecular weight is 800 g/mol. The first-order valence-corrected chi connectivity index (χ1v) is 19.6. The van der Waals surface area contributed by atoms with Crippen molar-refractivity contribution >= 4 is 24.2 Å². The number of aldehydes is 1. The second-order valence-electron chi connectivity index (χ2n) is 15.8. The highest BCUT2D eigenvalue weighted by molar-refractivity contribution is 5.72. The summed E-state index contributed by atoms with van der Waals surface area (Å²) in [4.78, 5) is 51.9. The lowest BCUT2D eigenvalue weighted by atomic mass is 9.84. The Morgan fingerprint density at radius 1 is 0.982 bits per heavy atom. The number of methoxy groups -OCH3 is 1. The molecule has 0 aromatic carbocycles. The van der Waals surface area contributed by atoms with Crippen LogP contribution in [0.3, 0.4) is 0 Å². The van der Waals surface area contributed by atoms with Crippen LogP contribution in [0.4, 0.5) is 0 Å². The Morgan fingerprint density at radius 2 is 1.66 bits per heavy atom. The SMILES string of the molecule is CCC(=O)OC1CC(=O)OC(C)CC(O)C=CC=CC(C)CC(CC=O)C(OC2OC(C)C(OC3CC(C)(O)C(OC(C)=O)C(C)O3)C(N(C)C)C2O)C1OC. The van der Waals surface area contributed by atoms with E-state index in [0.29, 0.717) is 6.42 Å². The molecule has 0 aromatic heterocycles. The number of hydrogen-bond acceptors (Lipinski definition) is 16. The maximum atomic E-state index is 13.3. The number of aliphatic hydroxyl groups is 3. The van der Waals surface area contributed by atoms with E-state index in [1.807, 2.05) is 13.0 Å². The van der Waals surface area contributed by atoms with Crippen molar-refractivity contribution in [1.29, 1.82) is 0 Å². The number of carbonyl (C=O) groups is 4. The average Bonchev–Trinajstić information content (AvgIpc) is 3.09. The molecular weight excluding hydrogens is 734 g/mol. The number of aliphatic hydroxyl groups excluding tert-OH is 2. The quantitative estimate of drug-likeness (QED) is 0.156. The number of esters is 3. The molecule has 0 aromatic rings. The molecule has 16 nitrogen and oxygen atoms in total. The van der Waals surface area contributed by atoms with Gasteiger partial charge in [0.2, 0.25) is 0 Å². The van der Waals surface area contributed by atoms with E-state index in [1.165, 1.54) is 14.0 Å². The van der Waals surface area contributed by atoms with Crippen molar-refractivity contribution in [2.75, 3.05) is 21.2 Å². The van der Waals surface area contributed by atoms with Crippen LogP contribution < -0.4 is 0 Å². The van der Waals surface area contributed by atoms with Crippen LogP contribution in [0.5, 0.6) is 0 Å². The Bertz CT molecular complexity index is 1340. The zero-order valence-corrected chi connectivity index (χ0v) is 34.5. The molecule has 0 amide bonds. The molecule has 0 radical (unpaired) electrons. The van der Waals surface area contributed by atoms with Crippen molar-refractivity contribution in [3.8, 4) is 0 Å². The van der Waals surface area contributed by atoms with Gasteiger partial charge in [-0.05, 0) is 60.0 Å². The summed E-state index contributed by atoms with van der Waals surface area (Å²) < 4.78 is 48.3. The van der Waals surface area contributed by atoms with Gasteiger partial charge in [-0.2, -0.15) is 0 Å². The number of nitrogens with zero attached hydrogens (tertiary/aromatic N) is 1. The molecule has 16 unspecified atom stereocenters. The summed E-state index contributed by atoms with van der Waals surface area (Å²) >= 11 is 0. The molecule has 2 saturated heterocycles. The minimum Gasteiger partial charge on any atom is -0.462 e. The summed E-state index contributed by atoms with van der Waals surface area (Å²) in [5, 5.41) is 33.7. The van der Waals surface area contributed by atoms with Gasteiger partial charge in [-0.25, -0.2) is 0 Å². The first-order chi connectivity index (χ1) is 26.3. The summed E-state index contributed by atoms with van der Waals surface area (Å²) in [6, 6.07) is -0.760. The van der Waals surface area contributed by atoms with E-state index < -0.39 is 116 Å². The number of ether oxygens (including phenoxy) is 8. The molecule has 16 heteroatoms. The third-order valence-corrected chi connectivity index (χ3v) is 10.5. The van der Waals surface area contributed by atoms with Gasteiger partial charge in [0.15, 0.2) is 18.7 Å². The number of rotatable bonds is 11. The lowest BCUT2D eigenvalue weighted by Crippen LogP contribution is -2.66. The number of carbonyl (C=O) groups excluding carboxylic acids is 4. The van der Waals surface area contributed by atoms with E-state index in [2.05, 4.69) is 0 Å². The van der Waals surface area contributed by atoms with Gasteiger partial charge in [0.05, 0.1) is 36.9 Å². The summed E-state index contributed by atoms with van der Waals surface area (Å²) in [6.45, 7) is 11.4. The summed E-state index contributed by atoms with van der Waals surface area (Å²) in [5.74, 6) is -2.60. The van der Waals surface area contributed by atoms with Gasteiger partial charge in [0.1, 0.15) is 42.4 Å². The van der Waals surface area contributed by atoms with Crippen LogP contribution in [-0.2, 0) is 57.1 Å². The molecule has 3 heterocycles. The highest BCUT2D eigenvalue weighted by Crippen LogP contribution is 2.37. The zero-order valence-electron chi connectivity index (χ0n) is 34.5. The molecule has 3 aliphatic rings. The standard InChI is InChI=1S/C40H65NO15/c1-11-30(45)54-29-20-31(46)50-23(3)19-28(44)15-13-12-14-22(2)18-27(16-17-42)36(37(29)49-10)56-39-34(47)33(41(8)9)35(24(4)52-39)55-32-21-40(7,48)38(25(5)51-32)53-26(6)43/h12-15,17,22-25,27-29,32-39,44,47-48H,11,16,18-21H2,1-10H3. The number of likely N-dealkylation sites (N-methyl/N-ethyl adjacent to an activating group) is 1. The molecule has 0 bridgehead atoms. The smallest absolute Gasteiger partial charge is 0.309 e. The predicted octanol–water partition coefficient (Wildman–Crippen LogP) is 2.38. The zero-order chi connectivity index (χ0) is 41.9. The first-order valence-electron chi connectivity index (χ1n) is 19.6. The van der Waals surface area contributed by atoms with Crippen molar-refractivity contribution in [3.63, 3.8) is 0 Å². The minimum absolute atomic E-state index is 0.000768. The van der Waals surface area contributed by atoms with Gasteiger partial charge in [-0.15, -0.1) is 0 Å². The van der Waals surface area contributed by atoms with E-state index in [9.17, 15) is 34.5 Å². The van der Waals surface area contributed by atoms with Crippen molar-refractivity contribution in [1.82, 2.24) is 4.90 Å². The van der Waals surface area contributed by atoms with E-state index >= 15 is 0 Å². The monoisotopic (exact) mass is 799 g/mol. The molecule has 16 atom stereocenters. The molecular formula is C40H65NO15. The Balaban J connectivity index is 2.02. The van der Waals surface area contributed by atoms with Crippen molar-refractivity contribution < 1.29 is 72.4 Å². The molecule has 0 aliphatic carbocycles. The van der Waals surface area contributed by atoms with E-state index in [0.717, 1.165) is 6.29 Å². The van der Waals surface area contributed by atoms with Crippen LogP contribution in [0.25, 0.3) is 0 Å². The molecule has 320 valence electrons. The molecule has 56 heavy (non-hydrogen) atoms. The largest absolute Gasteiger partial charge is 0.462 e. The Kier molecular flexibility index (Phi) is 18.5. The van der Waals surface area contributed by atoms with Crippen LogP contribution in [0, 0.1) is 11.8 Å². The summed E-state index contributed by atoms with van der Waals surface area (Å²) in [6.07, 6.45) is -4.07. The van der Waals surface area contributed by atoms with Gasteiger partial charge in [0.25, 0.3) is 0 Å². The third-order valence-electron chi connectivity index (χ3n) is 10.5. The van der Waals surface area contributed by atoms with Crippen LogP contribution in [0.1, 0.15) is 87.0 Å². The van der Waals surface area contributed by atoms with E-state index in [1.54, 1.807) is 71.8 Å². The van der Waals surface area contributed by atoms with Crippen LogP contribution in [0.15, 0.2) is 24.3 Å². The summed E-state index contributed by atoms with van der Waals surface area (Å²) in [5.41, 5.74) is -1.48. The topological polar surface area (TPSA) is 206 Å². The number of hydrogen-bond donors (Lipinski definition) is 3. The number of allylic oxidation sites excluding steroid dienone is 3. The lowest BCUT2D eigenvalue weighted by molar-refractivity contribution is -0.344. The van der Waals surface area contributed by atoms with Crippen molar-refractivity contribution in [2.24, 2.45) is 11.8 Å². The predicted molar refractivity (Wildman–Crippen MR) is 201 cm³/mol. The second-order valence-corrected chi connectivity index (χ2v) is 15.8. The third kappa shape index (κ3) is 13.4. The van der Waals surface area contributed by atoms with E-state index in [-0.39, 0.29) is 31.6 Å². The first kappa shape index (κ1) is 47.6. The maximum Gasteiger partial charge on any atom is 0.309 e. The molecule has 3 aliphatic heterocycles. The molecule has 0 saturated carbocycles. The lowest BCUT2D eigenvalue weighted by Gasteiger charge is -2.50. The molecule has 0 spiro atoms. The fourth-order valence-corrected chi connectivity index (χ4v) is 7.86. The number of cyclic esters (lactones) is 1. The van der Waals surface area contributed by atoms with Crippen LogP contribution in [-0.4, -0.2) is 151 Å². The Hall–Kier alpha value is -2.80. The maximum absolute atomic E-state index is 13.3. The van der Waals surface area contributed by atoms with Gasteiger partial charge in [0, 0.05) is 39.7 Å². The Labute approximate surface area is 330 Å². The van der Waals surface area contributed by atoms with Crippen molar-refractivity contribution in [3.05, 3.63) is 24.3 Å². The summed E-state index contributed by atoms with van der Waals surface area (Å²) in [7, 11) is 4.89. The Morgan fingerprint density at radius 3 is 2.25 bits per heavy atom. The van der Waals surface area contributed by atoms with Crippen LogP contribution in [0.2, 0.25) is 0 Å². The minimum atomic E-state index is -1.48. The highest BCUT2D eigenvalue weighted by atomic mass is 16.7. The van der Waals surface area contributed by atoms with E-state index in [4.69, 9.17) is 37.9 Å². The van der Waals surface area contributed by atoms with Crippen molar-refractivity contribution in [2.45, 2.75) is 172 Å². The molecule has 3 rings (SSSR count). The molecule has 3 N–H and O–H groups in total. The van der Waals surface area contributed by atoms with Gasteiger partial charge < -0.3 is 62.9 Å². The fourth-order valence-electron chi connectivity index (χ4n) is 7.86. The second kappa shape index (κ2) is 21.8. The normalized spacial score (nSPS) is 40.5. The van der Waals surface area contributed by atoms with Gasteiger partial charge in [-0.3, -0.25) is 14.4 Å². The molecule has 2 fully saturated rings. The fraction of sp³-hybridized carbons (Fsp3) is 0.800. The van der Waals surface area contributed by atoms with Gasteiger partial charge in [-0.1, -0.05) is 38.2 Å². The van der Waals surface area contributed by atoms with Gasteiger partial charge >= 0.3 is 17.9 Å².